The molecule has 138 valence electrons. The minimum absolute atomic E-state index is 0.218. The number of rotatable bonds is 3. The van der Waals surface area contributed by atoms with Gasteiger partial charge in [0.2, 0.25) is 0 Å². The van der Waals surface area contributed by atoms with Gasteiger partial charge in [0.15, 0.2) is 5.78 Å². The number of aromatic nitrogens is 1. The van der Waals surface area contributed by atoms with Gasteiger partial charge in [-0.3, -0.25) is 9.69 Å². The zero-order valence-electron chi connectivity index (χ0n) is 15.5. The molecule has 4 heteroatoms. The minimum Gasteiger partial charge on any atom is -0.342 e. The molecule has 0 N–H and O–H groups in total. The molecule has 3 nitrogen and oxygen atoms in total. The lowest BCUT2D eigenvalue weighted by Crippen LogP contribution is -2.42. The van der Waals surface area contributed by atoms with E-state index in [0.717, 1.165) is 36.0 Å². The Balaban J connectivity index is 1.49. The first-order valence-electron chi connectivity index (χ1n) is 9.76. The van der Waals surface area contributed by atoms with Gasteiger partial charge in [0.1, 0.15) is 0 Å². The maximum atomic E-state index is 12.9. The van der Waals surface area contributed by atoms with Crippen LogP contribution in [0.15, 0.2) is 46.9 Å². The number of Topliss-reactive ketones (excluding diaryl/α,β-unsaturated/α-hetero) is 1. The number of hydrogen-bond donors (Lipinski definition) is 0. The summed E-state index contributed by atoms with van der Waals surface area (Å²) in [4.78, 5) is 15.3. The molecule has 27 heavy (non-hydrogen) atoms. The van der Waals surface area contributed by atoms with Crippen LogP contribution < -0.4 is 0 Å². The molecule has 0 unspecified atom stereocenters. The summed E-state index contributed by atoms with van der Waals surface area (Å²) in [5.74, 6) is 0.218. The molecule has 2 aliphatic rings. The van der Waals surface area contributed by atoms with Crippen molar-refractivity contribution in [3.63, 3.8) is 0 Å². The topological polar surface area (TPSA) is 25.2 Å². The Morgan fingerprint density at radius 1 is 1.15 bits per heavy atom. The first-order chi connectivity index (χ1) is 13.1. The molecule has 1 aromatic heterocycles. The lowest BCUT2D eigenvalue weighted by Gasteiger charge is -2.39. The number of benzene rings is 2. The zero-order valence-corrected chi connectivity index (χ0v) is 17.1. The number of fused-ring (bicyclic) bond motifs is 3. The molecule has 1 aliphatic carbocycles. The van der Waals surface area contributed by atoms with Crippen molar-refractivity contribution >= 4 is 32.6 Å². The normalized spacial score (nSPS) is 19.3. The molecule has 0 amide bonds. The fraction of sp³-hybridized carbons (Fsp3) is 0.348. The highest BCUT2D eigenvalue weighted by atomic mass is 79.9. The lowest BCUT2D eigenvalue weighted by atomic mass is 9.89. The van der Waals surface area contributed by atoms with E-state index in [2.05, 4.69) is 50.5 Å². The summed E-state index contributed by atoms with van der Waals surface area (Å²) in [7, 11) is 0. The average Bonchev–Trinajstić information content (AvgIpc) is 2.99. The molecule has 0 bridgehead atoms. The van der Waals surface area contributed by atoms with Crippen molar-refractivity contribution in [1.29, 1.82) is 0 Å². The van der Waals surface area contributed by atoms with Gasteiger partial charge in [-0.05, 0) is 56.0 Å². The minimum atomic E-state index is 0.218. The second-order valence-electron chi connectivity index (χ2n) is 7.84. The Kier molecular flexibility index (Phi) is 4.21. The smallest absolute Gasteiger partial charge is 0.176 e. The standard InChI is InChI=1S/C23H23BrN2O/c1-15-5-10-20-19(13-15)18-3-2-4-21-23(18)26(20)12-11-25(21)14-22(27)16-6-8-17(24)9-7-16/h5-10,13,21H,2-4,11-12,14H2,1H3/t21-/m0/s1. The van der Waals surface area contributed by atoms with Crippen LogP contribution in [0, 0.1) is 6.92 Å². The molecule has 0 saturated carbocycles. The van der Waals surface area contributed by atoms with E-state index in [1.165, 1.54) is 34.1 Å². The van der Waals surface area contributed by atoms with Crippen molar-refractivity contribution in [2.75, 3.05) is 13.1 Å². The van der Waals surface area contributed by atoms with E-state index >= 15 is 0 Å². The van der Waals surface area contributed by atoms with Crippen LogP contribution in [0.5, 0.6) is 0 Å². The molecular weight excluding hydrogens is 400 g/mol. The molecule has 0 saturated heterocycles. The van der Waals surface area contributed by atoms with E-state index in [-0.39, 0.29) is 5.78 Å². The van der Waals surface area contributed by atoms with E-state index < -0.39 is 0 Å². The number of hydrogen-bond acceptors (Lipinski definition) is 2. The van der Waals surface area contributed by atoms with E-state index in [1.54, 1.807) is 0 Å². The van der Waals surface area contributed by atoms with Gasteiger partial charge in [0, 0.05) is 39.7 Å². The molecule has 0 spiro atoms. The van der Waals surface area contributed by atoms with E-state index in [0.29, 0.717) is 12.6 Å². The highest BCUT2D eigenvalue weighted by molar-refractivity contribution is 9.10. The molecule has 0 fully saturated rings. The van der Waals surface area contributed by atoms with E-state index in [9.17, 15) is 4.79 Å². The van der Waals surface area contributed by atoms with Crippen LogP contribution in [0.25, 0.3) is 10.9 Å². The van der Waals surface area contributed by atoms with Crippen molar-refractivity contribution in [3.05, 3.63) is 69.3 Å². The SMILES string of the molecule is Cc1ccc2c(c1)c1c3n2CCN(CC(=O)c2ccc(Br)cc2)[C@H]3CCC1. The second kappa shape index (κ2) is 6.61. The molecule has 1 atom stereocenters. The van der Waals surface area contributed by atoms with Crippen molar-refractivity contribution in [2.24, 2.45) is 0 Å². The first-order valence-corrected chi connectivity index (χ1v) is 10.6. The van der Waals surface area contributed by atoms with Gasteiger partial charge in [-0.2, -0.15) is 0 Å². The molecular formula is C23H23BrN2O. The molecule has 2 heterocycles. The van der Waals surface area contributed by atoms with Crippen LogP contribution in [-0.2, 0) is 13.0 Å². The summed E-state index contributed by atoms with van der Waals surface area (Å²) in [6.45, 7) is 4.59. The Morgan fingerprint density at radius 2 is 1.96 bits per heavy atom. The van der Waals surface area contributed by atoms with Crippen LogP contribution >= 0.6 is 15.9 Å². The fourth-order valence-corrected chi connectivity index (χ4v) is 5.16. The largest absolute Gasteiger partial charge is 0.342 e. The Morgan fingerprint density at radius 3 is 2.78 bits per heavy atom. The Labute approximate surface area is 168 Å². The number of aryl methyl sites for hydroxylation is 2. The van der Waals surface area contributed by atoms with Gasteiger partial charge in [-0.1, -0.05) is 39.7 Å². The highest BCUT2D eigenvalue weighted by Crippen LogP contribution is 2.42. The van der Waals surface area contributed by atoms with Crippen LogP contribution in [0.4, 0.5) is 0 Å². The molecule has 5 rings (SSSR count). The number of carbonyl (C=O) groups excluding carboxylic acids is 1. The molecule has 3 aromatic rings. The third-order valence-corrected chi connectivity index (χ3v) is 6.68. The van der Waals surface area contributed by atoms with Crippen LogP contribution in [-0.4, -0.2) is 28.3 Å². The predicted molar refractivity (Wildman–Crippen MR) is 112 cm³/mol. The van der Waals surface area contributed by atoms with E-state index in [1.807, 2.05) is 24.3 Å². The summed E-state index contributed by atoms with van der Waals surface area (Å²) < 4.78 is 3.53. The third kappa shape index (κ3) is 2.86. The number of carbonyl (C=O) groups is 1. The summed E-state index contributed by atoms with van der Waals surface area (Å²) in [6.07, 6.45) is 3.51. The predicted octanol–water partition coefficient (Wildman–Crippen LogP) is 5.29. The quantitative estimate of drug-likeness (QED) is 0.535. The van der Waals surface area contributed by atoms with Gasteiger partial charge >= 0.3 is 0 Å². The maximum absolute atomic E-state index is 12.9. The maximum Gasteiger partial charge on any atom is 0.176 e. The van der Waals surface area contributed by atoms with Gasteiger partial charge in [-0.25, -0.2) is 0 Å². The molecule has 0 radical (unpaired) electrons. The monoisotopic (exact) mass is 422 g/mol. The summed E-state index contributed by atoms with van der Waals surface area (Å²) >= 11 is 3.44. The zero-order chi connectivity index (χ0) is 18.5. The van der Waals surface area contributed by atoms with Crippen LogP contribution in [0.3, 0.4) is 0 Å². The fourth-order valence-electron chi connectivity index (χ4n) is 4.89. The molecule has 2 aromatic carbocycles. The van der Waals surface area contributed by atoms with Gasteiger partial charge < -0.3 is 4.57 Å². The summed E-state index contributed by atoms with van der Waals surface area (Å²) in [5.41, 5.74) is 6.49. The Bertz CT molecular complexity index is 1030. The second-order valence-corrected chi connectivity index (χ2v) is 8.76. The van der Waals surface area contributed by atoms with Crippen molar-refractivity contribution in [1.82, 2.24) is 9.47 Å². The van der Waals surface area contributed by atoms with Crippen LogP contribution in [0.2, 0.25) is 0 Å². The van der Waals surface area contributed by atoms with Gasteiger partial charge in [0.25, 0.3) is 0 Å². The van der Waals surface area contributed by atoms with Crippen molar-refractivity contribution in [3.8, 4) is 0 Å². The van der Waals surface area contributed by atoms with Crippen molar-refractivity contribution < 1.29 is 4.79 Å². The molecule has 1 aliphatic heterocycles. The average molecular weight is 423 g/mol. The number of ketones is 1. The van der Waals surface area contributed by atoms with Crippen LogP contribution in [0.1, 0.15) is 46.1 Å². The lowest BCUT2D eigenvalue weighted by molar-refractivity contribution is 0.0833. The summed E-state index contributed by atoms with van der Waals surface area (Å²) in [6, 6.07) is 14.9. The summed E-state index contributed by atoms with van der Waals surface area (Å²) in [5, 5.41) is 1.43. The van der Waals surface area contributed by atoms with E-state index in [4.69, 9.17) is 0 Å². The number of nitrogens with zero attached hydrogens (tertiary/aromatic N) is 2. The Hall–Kier alpha value is -1.91. The highest BCUT2D eigenvalue weighted by Gasteiger charge is 2.35. The first kappa shape index (κ1) is 17.2. The van der Waals surface area contributed by atoms with Crippen molar-refractivity contribution in [2.45, 2.75) is 38.8 Å². The van der Waals surface area contributed by atoms with Gasteiger partial charge in [-0.15, -0.1) is 0 Å². The van der Waals surface area contributed by atoms with Gasteiger partial charge in [0.05, 0.1) is 12.6 Å². The number of halogens is 1. The third-order valence-electron chi connectivity index (χ3n) is 6.15.